The zero-order valence-electron chi connectivity index (χ0n) is 31.1. The number of benzene rings is 10. The maximum atomic E-state index is 6.31. The molecule has 3 heterocycles. The fourth-order valence-electron chi connectivity index (χ4n) is 9.48. The first-order chi connectivity index (χ1) is 28.7. The van der Waals surface area contributed by atoms with Crippen molar-refractivity contribution in [2.24, 2.45) is 0 Å². The molecule has 0 aliphatic rings. The number of rotatable bonds is 4. The van der Waals surface area contributed by atoms with Gasteiger partial charge in [-0.25, -0.2) is 9.97 Å². The van der Waals surface area contributed by atoms with Gasteiger partial charge in [0, 0.05) is 27.1 Å². The van der Waals surface area contributed by atoms with Crippen molar-refractivity contribution in [1.82, 2.24) is 14.5 Å². The van der Waals surface area contributed by atoms with Gasteiger partial charge in [0.05, 0.1) is 22.1 Å². The van der Waals surface area contributed by atoms with Gasteiger partial charge in [-0.05, 0) is 103 Å². The van der Waals surface area contributed by atoms with Crippen molar-refractivity contribution >= 4 is 87.1 Å². The van der Waals surface area contributed by atoms with Crippen LogP contribution >= 0.6 is 0 Å². The maximum Gasteiger partial charge on any atom is 0.165 e. The molecule has 13 rings (SSSR count). The van der Waals surface area contributed by atoms with Gasteiger partial charge in [-0.2, -0.15) is 0 Å². The van der Waals surface area contributed by atoms with Crippen LogP contribution in [0.25, 0.3) is 126 Å². The summed E-state index contributed by atoms with van der Waals surface area (Å²) in [6.07, 6.45) is 0. The largest absolute Gasteiger partial charge is 0.456 e. The second-order valence-electron chi connectivity index (χ2n) is 15.3. The summed E-state index contributed by atoms with van der Waals surface area (Å²) in [6.45, 7) is 0. The van der Waals surface area contributed by atoms with E-state index in [4.69, 9.17) is 14.4 Å². The number of furan rings is 1. The smallest absolute Gasteiger partial charge is 0.165 e. The molecular formula is C54H31N3O. The lowest BCUT2D eigenvalue weighted by Gasteiger charge is -2.14. The van der Waals surface area contributed by atoms with Crippen molar-refractivity contribution in [3.8, 4) is 39.3 Å². The first-order valence-electron chi connectivity index (χ1n) is 19.7. The number of fused-ring (bicyclic) bond motifs is 9. The van der Waals surface area contributed by atoms with E-state index in [1.807, 2.05) is 24.3 Å². The maximum absolute atomic E-state index is 6.31. The Hall–Kier alpha value is -7.82. The molecule has 0 unspecified atom stereocenters. The van der Waals surface area contributed by atoms with Crippen LogP contribution in [0.4, 0.5) is 0 Å². The SMILES string of the molecule is c1ccc(-c2ccc(-c3nc4ccccc4nc3-n3c4cccc5c6ccc7ccc(-c8ccc9c(c8)oc8ccccc89)cc7c6c6cccc3c6c54)cc2)cc1. The number of aromatic nitrogens is 3. The third kappa shape index (κ3) is 4.45. The predicted molar refractivity (Wildman–Crippen MR) is 241 cm³/mol. The molecule has 0 N–H and O–H groups in total. The molecule has 0 amide bonds. The highest BCUT2D eigenvalue weighted by molar-refractivity contribution is 6.38. The minimum atomic E-state index is 0.819. The van der Waals surface area contributed by atoms with Crippen LogP contribution in [-0.4, -0.2) is 14.5 Å². The van der Waals surface area contributed by atoms with Crippen molar-refractivity contribution in [3.05, 3.63) is 188 Å². The van der Waals surface area contributed by atoms with Crippen LogP contribution in [0.3, 0.4) is 0 Å². The summed E-state index contributed by atoms with van der Waals surface area (Å²) in [6, 6.07) is 67.1. The summed E-state index contributed by atoms with van der Waals surface area (Å²) in [5.41, 5.74) is 12.3. The molecule has 3 aromatic heterocycles. The molecule has 0 saturated carbocycles. The molecule has 0 atom stereocenters. The lowest BCUT2D eigenvalue weighted by molar-refractivity contribution is 0.669. The Kier molecular flexibility index (Phi) is 6.41. The third-order valence-corrected chi connectivity index (χ3v) is 12.1. The second kappa shape index (κ2) is 11.8. The summed E-state index contributed by atoms with van der Waals surface area (Å²) in [5.74, 6) is 0.819. The Balaban J connectivity index is 1.07. The van der Waals surface area contributed by atoms with Crippen LogP contribution in [0.2, 0.25) is 0 Å². The number of nitrogens with zero attached hydrogens (tertiary/aromatic N) is 3. The lowest BCUT2D eigenvalue weighted by atomic mass is 9.90. The second-order valence-corrected chi connectivity index (χ2v) is 15.3. The topological polar surface area (TPSA) is 43.9 Å². The molecular weight excluding hydrogens is 707 g/mol. The Bertz CT molecular complexity index is 3780. The number of hydrogen-bond acceptors (Lipinski definition) is 3. The molecule has 0 radical (unpaired) electrons. The van der Waals surface area contributed by atoms with E-state index in [0.717, 1.165) is 72.2 Å². The first kappa shape index (κ1) is 31.4. The Labute approximate surface area is 332 Å². The lowest BCUT2D eigenvalue weighted by Crippen LogP contribution is -2.03. The van der Waals surface area contributed by atoms with E-state index in [-0.39, 0.29) is 0 Å². The molecule has 10 aromatic carbocycles. The Morgan fingerprint density at radius 3 is 1.76 bits per heavy atom. The van der Waals surface area contributed by atoms with Gasteiger partial charge >= 0.3 is 0 Å². The average Bonchev–Trinajstić information content (AvgIpc) is 3.84. The zero-order chi connectivity index (χ0) is 37.9. The minimum absolute atomic E-state index is 0.819. The van der Waals surface area contributed by atoms with E-state index in [1.165, 1.54) is 54.2 Å². The molecule has 0 saturated heterocycles. The van der Waals surface area contributed by atoms with Crippen molar-refractivity contribution < 1.29 is 4.42 Å². The highest BCUT2D eigenvalue weighted by Crippen LogP contribution is 2.47. The molecule has 4 nitrogen and oxygen atoms in total. The molecule has 268 valence electrons. The Morgan fingerprint density at radius 2 is 0.914 bits per heavy atom. The van der Waals surface area contributed by atoms with Crippen LogP contribution in [0.15, 0.2) is 192 Å². The van der Waals surface area contributed by atoms with Crippen molar-refractivity contribution in [2.45, 2.75) is 0 Å². The summed E-state index contributed by atoms with van der Waals surface area (Å²) in [5, 5.41) is 12.2. The summed E-state index contributed by atoms with van der Waals surface area (Å²) < 4.78 is 8.66. The summed E-state index contributed by atoms with van der Waals surface area (Å²) in [4.78, 5) is 10.8. The van der Waals surface area contributed by atoms with Crippen molar-refractivity contribution in [3.63, 3.8) is 0 Å². The van der Waals surface area contributed by atoms with Gasteiger partial charge in [0.15, 0.2) is 5.82 Å². The summed E-state index contributed by atoms with van der Waals surface area (Å²) in [7, 11) is 0. The highest BCUT2D eigenvalue weighted by atomic mass is 16.3. The standard InChI is InChI=1S/C54H31N3O/c1-2-10-32(11-3-1)33-20-23-35(24-21-33)53-54(56-45-16-6-5-15-44(45)55-53)57-46-17-8-13-40-41-29-26-34-22-25-36(30-43(34)50(41)42-14-9-18-47(57)52(42)51(40)46)37-27-28-39-38-12-4-7-19-48(38)58-49(39)31-37/h1-31H. The van der Waals surface area contributed by atoms with Gasteiger partial charge in [0.2, 0.25) is 0 Å². The van der Waals surface area contributed by atoms with E-state index in [1.54, 1.807) is 0 Å². The monoisotopic (exact) mass is 737 g/mol. The normalized spacial score (nSPS) is 12.1. The van der Waals surface area contributed by atoms with Gasteiger partial charge in [-0.15, -0.1) is 0 Å². The zero-order valence-corrected chi connectivity index (χ0v) is 31.1. The van der Waals surface area contributed by atoms with Gasteiger partial charge in [-0.1, -0.05) is 140 Å². The van der Waals surface area contributed by atoms with E-state index < -0.39 is 0 Å². The molecule has 0 spiro atoms. The van der Waals surface area contributed by atoms with Gasteiger partial charge in [0.25, 0.3) is 0 Å². The quantitative estimate of drug-likeness (QED) is 0.169. The third-order valence-electron chi connectivity index (χ3n) is 12.1. The minimum Gasteiger partial charge on any atom is -0.456 e. The molecule has 0 bridgehead atoms. The number of hydrogen-bond donors (Lipinski definition) is 0. The van der Waals surface area contributed by atoms with Gasteiger partial charge in [-0.3, -0.25) is 4.57 Å². The average molecular weight is 738 g/mol. The van der Waals surface area contributed by atoms with Crippen LogP contribution in [0.1, 0.15) is 0 Å². The molecule has 0 aliphatic heterocycles. The predicted octanol–water partition coefficient (Wildman–Crippen LogP) is 14.5. The van der Waals surface area contributed by atoms with E-state index in [0.29, 0.717) is 0 Å². The first-order valence-corrected chi connectivity index (χ1v) is 19.7. The van der Waals surface area contributed by atoms with E-state index in [9.17, 15) is 0 Å². The molecule has 13 aromatic rings. The van der Waals surface area contributed by atoms with E-state index in [2.05, 4.69) is 168 Å². The van der Waals surface area contributed by atoms with Crippen molar-refractivity contribution in [1.29, 1.82) is 0 Å². The fraction of sp³-hybridized carbons (Fsp3) is 0. The highest BCUT2D eigenvalue weighted by Gasteiger charge is 2.24. The van der Waals surface area contributed by atoms with Crippen LogP contribution < -0.4 is 0 Å². The molecule has 4 heteroatoms. The van der Waals surface area contributed by atoms with Gasteiger partial charge in [0.1, 0.15) is 16.9 Å². The van der Waals surface area contributed by atoms with Crippen LogP contribution in [0.5, 0.6) is 0 Å². The number of para-hydroxylation sites is 3. The molecule has 0 fully saturated rings. The van der Waals surface area contributed by atoms with E-state index >= 15 is 0 Å². The Morgan fingerprint density at radius 1 is 0.345 bits per heavy atom. The molecule has 0 aliphatic carbocycles. The summed E-state index contributed by atoms with van der Waals surface area (Å²) >= 11 is 0. The van der Waals surface area contributed by atoms with Crippen molar-refractivity contribution in [2.75, 3.05) is 0 Å². The fourth-order valence-corrected chi connectivity index (χ4v) is 9.48. The van der Waals surface area contributed by atoms with Crippen LogP contribution in [0, 0.1) is 0 Å². The van der Waals surface area contributed by atoms with Gasteiger partial charge < -0.3 is 4.42 Å². The van der Waals surface area contributed by atoms with Crippen LogP contribution in [-0.2, 0) is 0 Å². The molecule has 58 heavy (non-hydrogen) atoms.